The van der Waals surface area contributed by atoms with Crippen LogP contribution in [0.4, 0.5) is 0 Å². The van der Waals surface area contributed by atoms with E-state index in [1.54, 1.807) is 0 Å². The number of fused-ring (bicyclic) bond motifs is 1. The number of piperazine rings is 1. The van der Waals surface area contributed by atoms with Crippen molar-refractivity contribution < 1.29 is 4.79 Å². The first-order valence-electron chi connectivity index (χ1n) is 8.36. The predicted molar refractivity (Wildman–Crippen MR) is 101 cm³/mol. The molecule has 0 spiro atoms. The zero-order chi connectivity index (χ0) is 17.4. The summed E-state index contributed by atoms with van der Waals surface area (Å²) in [6.45, 7) is 3.59. The smallest absolute Gasteiger partial charge is 0.285 e. The molecule has 0 radical (unpaired) electrons. The van der Waals surface area contributed by atoms with Crippen molar-refractivity contribution >= 4 is 28.1 Å². The minimum absolute atomic E-state index is 0.134. The Labute approximate surface area is 150 Å². The molecule has 1 N–H and O–H groups in total. The molecule has 0 bridgehead atoms. The van der Waals surface area contributed by atoms with Crippen molar-refractivity contribution in [2.75, 3.05) is 33.2 Å². The van der Waals surface area contributed by atoms with Gasteiger partial charge in [-0.05, 0) is 19.2 Å². The molecule has 1 aromatic carbocycles. The first-order chi connectivity index (χ1) is 12.1. The van der Waals surface area contributed by atoms with Gasteiger partial charge in [0.2, 0.25) is 0 Å². The Morgan fingerprint density at radius 2 is 1.92 bits per heavy atom. The quantitative estimate of drug-likeness (QED) is 0.783. The van der Waals surface area contributed by atoms with E-state index in [-0.39, 0.29) is 5.91 Å². The number of aryl methyl sites for hydroxylation is 1. The minimum Gasteiger partial charge on any atom is -0.342 e. The number of carbonyl (C=O) groups excluding carboxylic acids is 1. The highest BCUT2D eigenvalue weighted by atomic mass is 32.1. The molecule has 1 aliphatic rings. The fraction of sp³-hybridized carbons (Fsp3) is 0.333. The van der Waals surface area contributed by atoms with E-state index in [1.807, 2.05) is 29.6 Å². The predicted octanol–water partition coefficient (Wildman–Crippen LogP) is 2.19. The third-order valence-corrected chi connectivity index (χ3v) is 5.54. The van der Waals surface area contributed by atoms with Gasteiger partial charge in [0, 0.05) is 49.5 Å². The van der Waals surface area contributed by atoms with Gasteiger partial charge < -0.3 is 9.47 Å². The molecule has 1 fully saturated rings. The Morgan fingerprint density at radius 3 is 2.68 bits per heavy atom. The molecular weight excluding hydrogens is 334 g/mol. The number of hydrogen-bond acceptors (Lipinski definition) is 5. The maximum absolute atomic E-state index is 12.5. The van der Waals surface area contributed by atoms with Gasteiger partial charge in [-0.3, -0.25) is 10.2 Å². The summed E-state index contributed by atoms with van der Waals surface area (Å²) in [4.78, 5) is 19.3. The van der Waals surface area contributed by atoms with Crippen molar-refractivity contribution in [1.29, 1.82) is 0 Å². The molecule has 1 saturated heterocycles. The van der Waals surface area contributed by atoms with E-state index in [4.69, 9.17) is 0 Å². The summed E-state index contributed by atoms with van der Waals surface area (Å²) < 4.78 is 2.12. The van der Waals surface area contributed by atoms with E-state index in [9.17, 15) is 4.79 Å². The Kier molecular flexibility index (Phi) is 4.29. The van der Waals surface area contributed by atoms with Gasteiger partial charge in [0.1, 0.15) is 10.7 Å². The van der Waals surface area contributed by atoms with Gasteiger partial charge in [0.05, 0.1) is 5.69 Å². The summed E-state index contributed by atoms with van der Waals surface area (Å²) in [7, 11) is 4.12. The molecule has 3 heterocycles. The normalized spacial score (nSPS) is 16.4. The Bertz CT molecular complexity index is 907. The number of nitrogens with zero attached hydrogens (tertiary/aromatic N) is 4. The van der Waals surface area contributed by atoms with Crippen LogP contribution in [0.15, 0.2) is 35.7 Å². The standard InChI is InChI=1S/C18H21N5OS/c1-21-7-9-23(10-8-21)20-17(24)14-12-25-18(19-14)16-11-13-5-3-4-6-15(13)22(16)2/h3-6,11-12H,7-10H2,1-2H3,(H,20,24). The van der Waals surface area contributed by atoms with Gasteiger partial charge in [0.25, 0.3) is 5.91 Å². The van der Waals surface area contributed by atoms with Gasteiger partial charge in [-0.15, -0.1) is 11.3 Å². The van der Waals surface area contributed by atoms with Gasteiger partial charge in [-0.1, -0.05) is 18.2 Å². The molecule has 7 heteroatoms. The first-order valence-corrected chi connectivity index (χ1v) is 9.24. The van der Waals surface area contributed by atoms with Gasteiger partial charge in [0.15, 0.2) is 0 Å². The van der Waals surface area contributed by atoms with E-state index in [0.717, 1.165) is 42.4 Å². The number of carbonyl (C=O) groups is 1. The SMILES string of the molecule is CN1CCN(NC(=O)c2csc(-c3cc4ccccc4n3C)n2)CC1. The number of aromatic nitrogens is 2. The van der Waals surface area contributed by atoms with Crippen LogP contribution in [0.1, 0.15) is 10.5 Å². The Balaban J connectivity index is 1.53. The second-order valence-electron chi connectivity index (χ2n) is 6.42. The fourth-order valence-electron chi connectivity index (χ4n) is 3.11. The van der Waals surface area contributed by atoms with E-state index < -0.39 is 0 Å². The van der Waals surface area contributed by atoms with Crippen molar-refractivity contribution in [3.05, 3.63) is 41.4 Å². The number of hydrogen-bond donors (Lipinski definition) is 1. The number of likely N-dealkylation sites (N-methyl/N-ethyl adjacent to an activating group) is 1. The molecule has 1 aliphatic heterocycles. The molecule has 25 heavy (non-hydrogen) atoms. The molecule has 0 atom stereocenters. The minimum atomic E-state index is -0.134. The molecule has 2 aromatic heterocycles. The first kappa shape index (κ1) is 16.3. The highest BCUT2D eigenvalue weighted by molar-refractivity contribution is 7.13. The second-order valence-corrected chi connectivity index (χ2v) is 7.27. The molecule has 0 aliphatic carbocycles. The lowest BCUT2D eigenvalue weighted by Gasteiger charge is -2.32. The molecule has 6 nitrogen and oxygen atoms in total. The number of amides is 1. The lowest BCUT2D eigenvalue weighted by atomic mass is 10.2. The molecule has 4 rings (SSSR count). The van der Waals surface area contributed by atoms with Crippen LogP contribution in [-0.4, -0.2) is 58.6 Å². The average molecular weight is 355 g/mol. The summed E-state index contributed by atoms with van der Waals surface area (Å²) >= 11 is 1.50. The number of rotatable bonds is 3. The number of para-hydroxylation sites is 1. The van der Waals surface area contributed by atoms with Crippen molar-refractivity contribution in [2.45, 2.75) is 0 Å². The highest BCUT2D eigenvalue weighted by Crippen LogP contribution is 2.29. The van der Waals surface area contributed by atoms with E-state index >= 15 is 0 Å². The molecule has 3 aromatic rings. The fourth-order valence-corrected chi connectivity index (χ4v) is 3.96. The third-order valence-electron chi connectivity index (χ3n) is 4.67. The maximum atomic E-state index is 12.5. The number of benzene rings is 1. The monoisotopic (exact) mass is 355 g/mol. The van der Waals surface area contributed by atoms with Crippen LogP contribution in [0.5, 0.6) is 0 Å². The van der Waals surface area contributed by atoms with Crippen LogP contribution >= 0.6 is 11.3 Å². The third kappa shape index (κ3) is 3.18. The molecule has 130 valence electrons. The van der Waals surface area contributed by atoms with Crippen LogP contribution in [0, 0.1) is 0 Å². The van der Waals surface area contributed by atoms with Crippen LogP contribution in [0.2, 0.25) is 0 Å². The van der Waals surface area contributed by atoms with Crippen molar-refractivity contribution in [2.24, 2.45) is 7.05 Å². The van der Waals surface area contributed by atoms with Crippen molar-refractivity contribution in [3.8, 4) is 10.7 Å². The van der Waals surface area contributed by atoms with Crippen LogP contribution < -0.4 is 5.43 Å². The Hall–Kier alpha value is -2.22. The summed E-state index contributed by atoms with van der Waals surface area (Å²) in [5.74, 6) is -0.134. The summed E-state index contributed by atoms with van der Waals surface area (Å²) in [6, 6.07) is 10.4. The molecular formula is C18H21N5OS. The lowest BCUT2D eigenvalue weighted by Crippen LogP contribution is -2.52. The molecule has 1 amide bonds. The van der Waals surface area contributed by atoms with Crippen molar-refractivity contribution in [3.63, 3.8) is 0 Å². The average Bonchev–Trinajstić information content (AvgIpc) is 3.22. The largest absolute Gasteiger partial charge is 0.342 e. The van der Waals surface area contributed by atoms with E-state index in [0.29, 0.717) is 5.69 Å². The molecule has 0 unspecified atom stereocenters. The van der Waals surface area contributed by atoms with Crippen LogP contribution in [0.3, 0.4) is 0 Å². The van der Waals surface area contributed by atoms with Crippen LogP contribution in [-0.2, 0) is 7.05 Å². The number of thiazole rings is 1. The van der Waals surface area contributed by atoms with Gasteiger partial charge >= 0.3 is 0 Å². The topological polar surface area (TPSA) is 53.4 Å². The highest BCUT2D eigenvalue weighted by Gasteiger charge is 2.19. The zero-order valence-electron chi connectivity index (χ0n) is 14.4. The van der Waals surface area contributed by atoms with Gasteiger partial charge in [-0.25, -0.2) is 9.99 Å². The zero-order valence-corrected chi connectivity index (χ0v) is 15.2. The van der Waals surface area contributed by atoms with E-state index in [1.165, 1.54) is 16.7 Å². The van der Waals surface area contributed by atoms with Crippen LogP contribution in [0.25, 0.3) is 21.6 Å². The number of nitrogens with one attached hydrogen (secondary N) is 1. The summed E-state index contributed by atoms with van der Waals surface area (Å²) in [5, 5.41) is 5.84. The van der Waals surface area contributed by atoms with Crippen molar-refractivity contribution in [1.82, 2.24) is 24.9 Å². The van der Waals surface area contributed by atoms with Gasteiger partial charge in [-0.2, -0.15) is 0 Å². The molecule has 0 saturated carbocycles. The van der Waals surface area contributed by atoms with E-state index in [2.05, 4.69) is 45.1 Å². The summed E-state index contributed by atoms with van der Waals surface area (Å²) in [5.41, 5.74) is 5.64. The maximum Gasteiger partial charge on any atom is 0.285 e. The number of hydrazine groups is 1. The Morgan fingerprint density at radius 1 is 1.16 bits per heavy atom. The second kappa shape index (κ2) is 6.59. The summed E-state index contributed by atoms with van der Waals surface area (Å²) in [6.07, 6.45) is 0. The lowest BCUT2D eigenvalue weighted by molar-refractivity contribution is 0.0658.